The standard InChI is InChI=1S/C6H11N3O4/c1-3(8-9-7)5(12)6(13)4(11)2-10/h3,5-6,10,12-13H,2H2,1H3. The zero-order chi connectivity index (χ0) is 10.4. The second kappa shape index (κ2) is 5.50. The fraction of sp³-hybridized carbons (Fsp3) is 0.833. The third-order valence-corrected chi connectivity index (χ3v) is 1.54. The lowest BCUT2D eigenvalue weighted by atomic mass is 10.0. The summed E-state index contributed by atoms with van der Waals surface area (Å²) >= 11 is 0. The van der Waals surface area contributed by atoms with Crippen LogP contribution in [0.15, 0.2) is 5.11 Å². The van der Waals surface area contributed by atoms with Gasteiger partial charge < -0.3 is 15.3 Å². The fourth-order valence-corrected chi connectivity index (χ4v) is 0.698. The van der Waals surface area contributed by atoms with E-state index in [-0.39, 0.29) is 0 Å². The van der Waals surface area contributed by atoms with E-state index in [9.17, 15) is 9.90 Å². The SMILES string of the molecule is CC(N=[N+]=[N-])C(O)C(O)C(=O)CO. The van der Waals surface area contributed by atoms with Crippen molar-refractivity contribution in [3.05, 3.63) is 10.4 Å². The van der Waals surface area contributed by atoms with E-state index in [1.807, 2.05) is 0 Å². The van der Waals surface area contributed by atoms with E-state index < -0.39 is 30.6 Å². The molecule has 0 heterocycles. The van der Waals surface area contributed by atoms with Gasteiger partial charge >= 0.3 is 0 Å². The number of aliphatic hydroxyl groups is 3. The van der Waals surface area contributed by atoms with Crippen LogP contribution >= 0.6 is 0 Å². The van der Waals surface area contributed by atoms with Crippen LogP contribution in [0, 0.1) is 0 Å². The Balaban J connectivity index is 4.31. The monoisotopic (exact) mass is 189 g/mol. The Bertz CT molecular complexity index is 226. The Morgan fingerprint density at radius 2 is 2.15 bits per heavy atom. The molecular formula is C6H11N3O4. The molecule has 0 saturated carbocycles. The molecule has 7 nitrogen and oxygen atoms in total. The molecule has 0 aromatic heterocycles. The molecule has 0 aliphatic carbocycles. The highest BCUT2D eigenvalue weighted by Crippen LogP contribution is 2.04. The minimum Gasteiger partial charge on any atom is -0.390 e. The van der Waals surface area contributed by atoms with Gasteiger partial charge in [-0.15, -0.1) is 0 Å². The first kappa shape index (κ1) is 11.9. The van der Waals surface area contributed by atoms with Crippen molar-refractivity contribution in [3.63, 3.8) is 0 Å². The molecule has 0 saturated heterocycles. The first-order valence-corrected chi connectivity index (χ1v) is 3.58. The molecule has 7 heteroatoms. The topological polar surface area (TPSA) is 127 Å². The van der Waals surface area contributed by atoms with Crippen LogP contribution in [0.2, 0.25) is 0 Å². The molecule has 3 atom stereocenters. The number of hydrogen-bond donors (Lipinski definition) is 3. The van der Waals surface area contributed by atoms with E-state index in [1.54, 1.807) is 0 Å². The van der Waals surface area contributed by atoms with Crippen LogP contribution in [0.5, 0.6) is 0 Å². The molecule has 0 amide bonds. The van der Waals surface area contributed by atoms with Gasteiger partial charge in [0.25, 0.3) is 0 Å². The molecule has 3 N–H and O–H groups in total. The van der Waals surface area contributed by atoms with Crippen molar-refractivity contribution in [3.8, 4) is 0 Å². The molecule has 0 radical (unpaired) electrons. The molecule has 0 aromatic rings. The number of hydrogen-bond acceptors (Lipinski definition) is 5. The quantitative estimate of drug-likeness (QED) is 0.290. The van der Waals surface area contributed by atoms with Crippen LogP contribution < -0.4 is 0 Å². The van der Waals surface area contributed by atoms with Crippen molar-refractivity contribution >= 4 is 5.78 Å². The van der Waals surface area contributed by atoms with Gasteiger partial charge in [-0.3, -0.25) is 4.79 Å². The minimum atomic E-state index is -1.72. The zero-order valence-corrected chi connectivity index (χ0v) is 7.03. The van der Waals surface area contributed by atoms with Gasteiger partial charge in [-0.25, -0.2) is 0 Å². The lowest BCUT2D eigenvalue weighted by molar-refractivity contribution is -0.136. The molecule has 0 aromatic carbocycles. The van der Waals surface area contributed by atoms with Gasteiger partial charge in [0.1, 0.15) is 12.7 Å². The Labute approximate surface area is 74.2 Å². The third-order valence-electron chi connectivity index (χ3n) is 1.54. The lowest BCUT2D eigenvalue weighted by Gasteiger charge is -2.18. The number of Topliss-reactive ketones (excluding diaryl/α,β-unsaturated/α-hetero) is 1. The Morgan fingerprint density at radius 1 is 1.62 bits per heavy atom. The van der Waals surface area contributed by atoms with E-state index >= 15 is 0 Å². The first-order valence-electron chi connectivity index (χ1n) is 3.58. The third kappa shape index (κ3) is 3.39. The number of azide groups is 1. The van der Waals surface area contributed by atoms with Crippen molar-refractivity contribution in [2.75, 3.05) is 6.61 Å². The van der Waals surface area contributed by atoms with Gasteiger partial charge in [0, 0.05) is 4.91 Å². The summed E-state index contributed by atoms with van der Waals surface area (Å²) in [6.07, 6.45) is -3.21. The molecular weight excluding hydrogens is 178 g/mol. The van der Waals surface area contributed by atoms with Crippen molar-refractivity contribution in [2.24, 2.45) is 5.11 Å². The minimum absolute atomic E-state index is 0.860. The van der Waals surface area contributed by atoms with Gasteiger partial charge in [-0.2, -0.15) is 0 Å². The summed E-state index contributed by atoms with van der Waals surface area (Å²) in [5.74, 6) is -0.910. The highest BCUT2D eigenvalue weighted by molar-refractivity contribution is 5.84. The molecule has 3 unspecified atom stereocenters. The average molecular weight is 189 g/mol. The van der Waals surface area contributed by atoms with Crippen LogP contribution in [0.1, 0.15) is 6.92 Å². The maximum absolute atomic E-state index is 10.7. The number of nitrogens with zero attached hydrogens (tertiary/aromatic N) is 3. The summed E-state index contributed by atoms with van der Waals surface area (Å²) in [6.45, 7) is 0.486. The van der Waals surface area contributed by atoms with Gasteiger partial charge in [0.2, 0.25) is 0 Å². The van der Waals surface area contributed by atoms with Crippen LogP contribution in [-0.4, -0.2) is 46.0 Å². The predicted octanol–water partition coefficient (Wildman–Crippen LogP) is -1.03. The highest BCUT2D eigenvalue weighted by Gasteiger charge is 2.27. The summed E-state index contributed by atoms with van der Waals surface area (Å²) < 4.78 is 0. The second-order valence-electron chi connectivity index (χ2n) is 2.51. The summed E-state index contributed by atoms with van der Waals surface area (Å²) in [5.41, 5.74) is 7.99. The van der Waals surface area contributed by atoms with Gasteiger partial charge in [0.05, 0.1) is 12.1 Å². The summed E-state index contributed by atoms with van der Waals surface area (Å²) in [5, 5.41) is 29.7. The Kier molecular flexibility index (Phi) is 5.01. The van der Waals surface area contributed by atoms with E-state index in [0.717, 1.165) is 0 Å². The van der Waals surface area contributed by atoms with Crippen molar-refractivity contribution in [1.82, 2.24) is 0 Å². The largest absolute Gasteiger partial charge is 0.390 e. The molecule has 0 aliphatic heterocycles. The predicted molar refractivity (Wildman–Crippen MR) is 42.7 cm³/mol. The molecule has 0 spiro atoms. The number of ketones is 1. The van der Waals surface area contributed by atoms with Crippen molar-refractivity contribution in [2.45, 2.75) is 25.2 Å². The maximum atomic E-state index is 10.7. The Hall–Kier alpha value is -1.14. The molecule has 0 fully saturated rings. The number of aliphatic hydroxyl groups excluding tert-OH is 3. The van der Waals surface area contributed by atoms with Crippen molar-refractivity contribution in [1.29, 1.82) is 0 Å². The van der Waals surface area contributed by atoms with E-state index in [4.69, 9.17) is 15.7 Å². The van der Waals surface area contributed by atoms with Gasteiger partial charge in [-0.1, -0.05) is 12.0 Å². The summed E-state index contributed by atoms with van der Waals surface area (Å²) in [4.78, 5) is 13.1. The number of carbonyl (C=O) groups excluding carboxylic acids is 1. The number of carbonyl (C=O) groups is 1. The maximum Gasteiger partial charge on any atom is 0.189 e. The van der Waals surface area contributed by atoms with Crippen LogP contribution in [0.3, 0.4) is 0 Å². The van der Waals surface area contributed by atoms with Crippen LogP contribution in [-0.2, 0) is 4.79 Å². The molecule has 13 heavy (non-hydrogen) atoms. The van der Waals surface area contributed by atoms with Crippen LogP contribution in [0.25, 0.3) is 10.4 Å². The van der Waals surface area contributed by atoms with E-state index in [0.29, 0.717) is 0 Å². The normalized spacial score (nSPS) is 16.9. The molecule has 74 valence electrons. The first-order chi connectivity index (χ1) is 6.04. The highest BCUT2D eigenvalue weighted by atomic mass is 16.3. The molecule has 0 bridgehead atoms. The summed E-state index contributed by atoms with van der Waals surface area (Å²) in [6, 6.07) is -0.921. The van der Waals surface area contributed by atoms with Crippen LogP contribution in [0.4, 0.5) is 0 Å². The molecule has 0 aliphatic rings. The van der Waals surface area contributed by atoms with E-state index in [1.165, 1.54) is 6.92 Å². The average Bonchev–Trinajstić information content (AvgIpc) is 2.14. The molecule has 0 rings (SSSR count). The fourth-order valence-electron chi connectivity index (χ4n) is 0.698. The Morgan fingerprint density at radius 3 is 2.54 bits per heavy atom. The van der Waals surface area contributed by atoms with Gasteiger partial charge in [-0.05, 0) is 5.53 Å². The van der Waals surface area contributed by atoms with E-state index in [2.05, 4.69) is 10.0 Å². The van der Waals surface area contributed by atoms with Gasteiger partial charge in [0.15, 0.2) is 5.78 Å². The van der Waals surface area contributed by atoms with Crippen molar-refractivity contribution < 1.29 is 20.1 Å². The smallest absolute Gasteiger partial charge is 0.189 e. The zero-order valence-electron chi connectivity index (χ0n) is 7.03. The lowest BCUT2D eigenvalue weighted by Crippen LogP contribution is -2.41. The number of rotatable bonds is 5. The summed E-state index contributed by atoms with van der Waals surface area (Å²) in [7, 11) is 0. The second-order valence-corrected chi connectivity index (χ2v) is 2.51.